The SMILES string of the molecule is CC(C)n1ncc2cc(C(=O)N3Cc4ccccc4C(C(=O)O)C3)cnc21. The molecule has 0 saturated heterocycles. The first-order valence-electron chi connectivity index (χ1n) is 8.89. The van der Waals surface area contributed by atoms with E-state index in [9.17, 15) is 14.7 Å². The minimum Gasteiger partial charge on any atom is -0.481 e. The molecule has 27 heavy (non-hydrogen) atoms. The van der Waals surface area contributed by atoms with Gasteiger partial charge in [0, 0.05) is 30.7 Å². The van der Waals surface area contributed by atoms with Gasteiger partial charge in [-0.25, -0.2) is 9.67 Å². The lowest BCUT2D eigenvalue weighted by molar-refractivity contribution is -0.139. The molecule has 0 bridgehead atoms. The molecule has 1 unspecified atom stereocenters. The number of aliphatic carboxylic acids is 1. The second-order valence-electron chi connectivity index (χ2n) is 7.10. The Balaban J connectivity index is 1.67. The van der Waals surface area contributed by atoms with Crippen LogP contribution in [0, 0.1) is 0 Å². The van der Waals surface area contributed by atoms with Crippen molar-refractivity contribution in [3.05, 3.63) is 59.4 Å². The molecule has 1 aromatic carbocycles. The number of aromatic nitrogens is 3. The fourth-order valence-electron chi connectivity index (χ4n) is 3.59. The van der Waals surface area contributed by atoms with Crippen LogP contribution in [0.4, 0.5) is 0 Å². The minimum atomic E-state index is -0.924. The number of nitrogens with zero attached hydrogens (tertiary/aromatic N) is 4. The van der Waals surface area contributed by atoms with E-state index in [2.05, 4.69) is 10.1 Å². The Morgan fingerprint density at radius 3 is 2.74 bits per heavy atom. The second-order valence-corrected chi connectivity index (χ2v) is 7.10. The summed E-state index contributed by atoms with van der Waals surface area (Å²) in [5, 5.41) is 14.7. The van der Waals surface area contributed by atoms with Crippen LogP contribution in [0.3, 0.4) is 0 Å². The van der Waals surface area contributed by atoms with Crippen LogP contribution < -0.4 is 0 Å². The van der Waals surface area contributed by atoms with Gasteiger partial charge in [-0.05, 0) is 31.0 Å². The molecule has 0 radical (unpaired) electrons. The third-order valence-corrected chi connectivity index (χ3v) is 4.95. The molecule has 1 aliphatic rings. The molecule has 138 valence electrons. The molecule has 0 saturated carbocycles. The number of amides is 1. The van der Waals surface area contributed by atoms with E-state index in [-0.39, 0.29) is 18.5 Å². The van der Waals surface area contributed by atoms with E-state index in [4.69, 9.17) is 0 Å². The lowest BCUT2D eigenvalue weighted by atomic mass is 9.89. The van der Waals surface area contributed by atoms with Gasteiger partial charge in [-0.3, -0.25) is 9.59 Å². The second kappa shape index (κ2) is 6.50. The van der Waals surface area contributed by atoms with Crippen molar-refractivity contribution in [2.24, 2.45) is 0 Å². The summed E-state index contributed by atoms with van der Waals surface area (Å²) < 4.78 is 1.81. The lowest BCUT2D eigenvalue weighted by Gasteiger charge is -2.32. The lowest BCUT2D eigenvalue weighted by Crippen LogP contribution is -2.40. The summed E-state index contributed by atoms with van der Waals surface area (Å²) in [6.45, 7) is 4.57. The van der Waals surface area contributed by atoms with Crippen molar-refractivity contribution in [3.63, 3.8) is 0 Å². The van der Waals surface area contributed by atoms with Gasteiger partial charge >= 0.3 is 5.97 Å². The zero-order chi connectivity index (χ0) is 19.1. The molecule has 1 amide bonds. The van der Waals surface area contributed by atoms with Crippen LogP contribution in [0.5, 0.6) is 0 Å². The third kappa shape index (κ3) is 2.95. The maximum atomic E-state index is 13.0. The number of carboxylic acids is 1. The predicted molar refractivity (Wildman–Crippen MR) is 99.5 cm³/mol. The first-order valence-corrected chi connectivity index (χ1v) is 8.89. The molecule has 7 nitrogen and oxygen atoms in total. The van der Waals surface area contributed by atoms with Crippen LogP contribution in [0.1, 0.15) is 47.3 Å². The van der Waals surface area contributed by atoms with Crippen molar-refractivity contribution in [1.82, 2.24) is 19.7 Å². The first kappa shape index (κ1) is 17.2. The molecular formula is C20H20N4O3. The summed E-state index contributed by atoms with van der Waals surface area (Å²) in [6, 6.07) is 9.33. The highest BCUT2D eigenvalue weighted by Gasteiger charge is 2.33. The van der Waals surface area contributed by atoms with Crippen LogP contribution in [0.2, 0.25) is 0 Å². The number of hydrogen-bond acceptors (Lipinski definition) is 4. The Labute approximate surface area is 156 Å². The summed E-state index contributed by atoms with van der Waals surface area (Å²) in [6.07, 6.45) is 3.24. The smallest absolute Gasteiger partial charge is 0.312 e. The minimum absolute atomic E-state index is 0.147. The van der Waals surface area contributed by atoms with Gasteiger partial charge in [0.15, 0.2) is 5.65 Å². The van der Waals surface area contributed by atoms with E-state index in [0.29, 0.717) is 12.1 Å². The van der Waals surface area contributed by atoms with Crippen LogP contribution in [-0.4, -0.2) is 43.2 Å². The Morgan fingerprint density at radius 1 is 1.22 bits per heavy atom. The van der Waals surface area contributed by atoms with Gasteiger partial charge in [-0.2, -0.15) is 5.10 Å². The highest BCUT2D eigenvalue weighted by Crippen LogP contribution is 2.29. The van der Waals surface area contributed by atoms with E-state index < -0.39 is 11.9 Å². The van der Waals surface area contributed by atoms with Crippen molar-refractivity contribution < 1.29 is 14.7 Å². The summed E-state index contributed by atoms with van der Waals surface area (Å²) >= 11 is 0. The molecule has 1 N–H and O–H groups in total. The summed E-state index contributed by atoms with van der Waals surface area (Å²) in [7, 11) is 0. The Bertz CT molecular complexity index is 1040. The number of fused-ring (bicyclic) bond motifs is 2. The largest absolute Gasteiger partial charge is 0.481 e. The Kier molecular flexibility index (Phi) is 4.14. The van der Waals surface area contributed by atoms with E-state index in [1.54, 1.807) is 28.0 Å². The van der Waals surface area contributed by atoms with Crippen molar-refractivity contribution in [1.29, 1.82) is 0 Å². The normalized spacial score (nSPS) is 16.6. The topological polar surface area (TPSA) is 88.3 Å². The van der Waals surface area contributed by atoms with Crippen LogP contribution >= 0.6 is 0 Å². The van der Waals surface area contributed by atoms with Gasteiger partial charge in [0.2, 0.25) is 0 Å². The number of rotatable bonds is 3. The zero-order valence-electron chi connectivity index (χ0n) is 15.2. The van der Waals surface area contributed by atoms with Crippen molar-refractivity contribution >= 4 is 22.9 Å². The molecule has 0 fully saturated rings. The van der Waals surface area contributed by atoms with Gasteiger partial charge in [-0.15, -0.1) is 0 Å². The van der Waals surface area contributed by atoms with Gasteiger partial charge in [0.05, 0.1) is 17.7 Å². The molecular weight excluding hydrogens is 344 g/mol. The third-order valence-electron chi connectivity index (χ3n) is 4.95. The molecule has 0 spiro atoms. The Hall–Kier alpha value is -3.22. The van der Waals surface area contributed by atoms with Crippen molar-refractivity contribution in [2.75, 3.05) is 6.54 Å². The number of carbonyl (C=O) groups excluding carboxylic acids is 1. The molecule has 2 aromatic heterocycles. The van der Waals surface area contributed by atoms with E-state index in [1.165, 1.54) is 0 Å². The number of carboxylic acid groups (broad SMARTS) is 1. The number of benzene rings is 1. The number of carbonyl (C=O) groups is 2. The van der Waals surface area contributed by atoms with E-state index in [0.717, 1.165) is 22.2 Å². The molecule has 4 rings (SSSR count). The van der Waals surface area contributed by atoms with Crippen LogP contribution in [0.15, 0.2) is 42.7 Å². The number of hydrogen-bond donors (Lipinski definition) is 1. The fraction of sp³-hybridized carbons (Fsp3) is 0.300. The maximum Gasteiger partial charge on any atom is 0.312 e. The average molecular weight is 364 g/mol. The molecule has 7 heteroatoms. The summed E-state index contributed by atoms with van der Waals surface area (Å²) in [4.78, 5) is 30.7. The average Bonchev–Trinajstić information content (AvgIpc) is 3.09. The van der Waals surface area contributed by atoms with E-state index >= 15 is 0 Å². The highest BCUT2D eigenvalue weighted by molar-refractivity contribution is 5.97. The maximum absolute atomic E-state index is 13.0. The quantitative estimate of drug-likeness (QED) is 0.772. The fourth-order valence-corrected chi connectivity index (χ4v) is 3.59. The van der Waals surface area contributed by atoms with Crippen molar-refractivity contribution in [3.8, 4) is 0 Å². The van der Waals surface area contributed by atoms with Gasteiger partial charge in [-0.1, -0.05) is 24.3 Å². The molecule has 1 aliphatic heterocycles. The van der Waals surface area contributed by atoms with Crippen LogP contribution in [0.25, 0.3) is 11.0 Å². The highest BCUT2D eigenvalue weighted by atomic mass is 16.4. The summed E-state index contributed by atoms with van der Waals surface area (Å²) in [5.74, 6) is -1.87. The molecule has 0 aliphatic carbocycles. The standard InChI is InChI=1S/C20H20N4O3/c1-12(2)24-18-14(9-22-24)7-15(8-21-18)19(25)23-10-13-5-3-4-6-16(13)17(11-23)20(26)27/h3-9,12,17H,10-11H2,1-2H3,(H,26,27). The Morgan fingerprint density at radius 2 is 2.00 bits per heavy atom. The van der Waals surface area contributed by atoms with Gasteiger partial charge in [0.1, 0.15) is 0 Å². The van der Waals surface area contributed by atoms with E-state index in [1.807, 2.05) is 38.1 Å². The van der Waals surface area contributed by atoms with Crippen molar-refractivity contribution in [2.45, 2.75) is 32.4 Å². The molecule has 1 atom stereocenters. The van der Waals surface area contributed by atoms with Gasteiger partial charge < -0.3 is 10.0 Å². The zero-order valence-corrected chi connectivity index (χ0v) is 15.2. The predicted octanol–water partition coefficient (Wildman–Crippen LogP) is 2.84. The first-order chi connectivity index (χ1) is 13.0. The summed E-state index contributed by atoms with van der Waals surface area (Å²) in [5.41, 5.74) is 2.82. The van der Waals surface area contributed by atoms with Gasteiger partial charge in [0.25, 0.3) is 5.91 Å². The van der Waals surface area contributed by atoms with Crippen LogP contribution in [-0.2, 0) is 11.3 Å². The number of pyridine rings is 1. The molecule has 3 aromatic rings. The molecule has 3 heterocycles. The monoisotopic (exact) mass is 364 g/mol.